The SMILES string of the molecule is [CH2]c1ccccc1-c1ncccc1OC. The second kappa shape index (κ2) is 4.13. The number of hydrogen-bond acceptors (Lipinski definition) is 2. The van der Waals surface area contributed by atoms with Gasteiger partial charge >= 0.3 is 0 Å². The minimum Gasteiger partial charge on any atom is -0.494 e. The highest BCUT2D eigenvalue weighted by Crippen LogP contribution is 2.29. The summed E-state index contributed by atoms with van der Waals surface area (Å²) in [4.78, 5) is 4.32. The number of pyridine rings is 1. The fourth-order valence-electron chi connectivity index (χ4n) is 1.51. The molecular formula is C13H12NO. The van der Waals surface area contributed by atoms with Crippen LogP contribution in [0.3, 0.4) is 0 Å². The number of rotatable bonds is 2. The molecule has 0 fully saturated rings. The van der Waals surface area contributed by atoms with E-state index in [1.54, 1.807) is 13.3 Å². The van der Waals surface area contributed by atoms with E-state index in [2.05, 4.69) is 11.9 Å². The van der Waals surface area contributed by atoms with E-state index >= 15 is 0 Å². The van der Waals surface area contributed by atoms with Crippen molar-refractivity contribution in [3.63, 3.8) is 0 Å². The molecule has 1 aromatic heterocycles. The molecule has 2 nitrogen and oxygen atoms in total. The Bertz CT molecular complexity index is 466. The Morgan fingerprint density at radius 3 is 2.67 bits per heavy atom. The molecule has 2 aromatic rings. The van der Waals surface area contributed by atoms with Gasteiger partial charge in [-0.05, 0) is 24.6 Å². The fourth-order valence-corrected chi connectivity index (χ4v) is 1.51. The number of aromatic nitrogens is 1. The summed E-state index contributed by atoms with van der Waals surface area (Å²) >= 11 is 0. The number of benzene rings is 1. The summed E-state index contributed by atoms with van der Waals surface area (Å²) in [7, 11) is 1.65. The summed E-state index contributed by atoms with van der Waals surface area (Å²) in [5.41, 5.74) is 2.80. The van der Waals surface area contributed by atoms with Crippen LogP contribution in [0.1, 0.15) is 5.56 Å². The van der Waals surface area contributed by atoms with Gasteiger partial charge in [-0.2, -0.15) is 0 Å². The summed E-state index contributed by atoms with van der Waals surface area (Å²) in [6, 6.07) is 11.6. The van der Waals surface area contributed by atoms with Crippen LogP contribution in [0, 0.1) is 6.92 Å². The molecule has 1 aromatic carbocycles. The molecule has 2 heteroatoms. The molecule has 2 rings (SSSR count). The largest absolute Gasteiger partial charge is 0.494 e. The van der Waals surface area contributed by atoms with Crippen molar-refractivity contribution in [3.05, 3.63) is 55.1 Å². The number of methoxy groups -OCH3 is 1. The smallest absolute Gasteiger partial charge is 0.145 e. The topological polar surface area (TPSA) is 22.1 Å². The van der Waals surface area contributed by atoms with Crippen LogP contribution < -0.4 is 4.74 Å². The highest BCUT2D eigenvalue weighted by atomic mass is 16.5. The molecule has 15 heavy (non-hydrogen) atoms. The van der Waals surface area contributed by atoms with E-state index in [0.29, 0.717) is 0 Å². The minimum atomic E-state index is 0.772. The van der Waals surface area contributed by atoms with Crippen molar-refractivity contribution < 1.29 is 4.74 Å². The van der Waals surface area contributed by atoms with E-state index in [1.807, 2.05) is 36.4 Å². The molecule has 0 saturated carbocycles. The van der Waals surface area contributed by atoms with Gasteiger partial charge in [-0.15, -0.1) is 0 Å². The van der Waals surface area contributed by atoms with Gasteiger partial charge in [0.1, 0.15) is 11.4 Å². The number of hydrogen-bond donors (Lipinski definition) is 0. The molecule has 0 bridgehead atoms. The molecule has 0 spiro atoms. The molecule has 0 aliphatic rings. The van der Waals surface area contributed by atoms with Gasteiger partial charge in [-0.1, -0.05) is 24.3 Å². The molecule has 0 aliphatic carbocycles. The first-order valence-corrected chi connectivity index (χ1v) is 4.73. The van der Waals surface area contributed by atoms with E-state index < -0.39 is 0 Å². The standard InChI is InChI=1S/C13H12NO/c1-10-6-3-4-7-11(10)13-12(15-2)8-5-9-14-13/h3-9H,1H2,2H3. The third kappa shape index (κ3) is 1.84. The second-order valence-electron chi connectivity index (χ2n) is 3.21. The molecule has 75 valence electrons. The van der Waals surface area contributed by atoms with Crippen LogP contribution in [0.15, 0.2) is 42.6 Å². The summed E-state index contributed by atoms with van der Waals surface area (Å²) < 4.78 is 5.26. The summed E-state index contributed by atoms with van der Waals surface area (Å²) in [6.07, 6.45) is 1.75. The summed E-state index contributed by atoms with van der Waals surface area (Å²) in [5, 5.41) is 0. The predicted molar refractivity (Wildman–Crippen MR) is 60.7 cm³/mol. The minimum absolute atomic E-state index is 0.772. The van der Waals surface area contributed by atoms with Crippen LogP contribution in [0.4, 0.5) is 0 Å². The van der Waals surface area contributed by atoms with E-state index in [1.165, 1.54) is 0 Å². The Morgan fingerprint density at radius 1 is 1.13 bits per heavy atom. The maximum absolute atomic E-state index is 5.26. The van der Waals surface area contributed by atoms with Crippen molar-refractivity contribution in [2.24, 2.45) is 0 Å². The predicted octanol–water partition coefficient (Wildman–Crippen LogP) is 2.94. The van der Waals surface area contributed by atoms with Gasteiger partial charge in [0.05, 0.1) is 7.11 Å². The quantitative estimate of drug-likeness (QED) is 0.740. The normalized spacial score (nSPS) is 10.0. The van der Waals surface area contributed by atoms with Gasteiger partial charge in [0.2, 0.25) is 0 Å². The van der Waals surface area contributed by atoms with E-state index in [4.69, 9.17) is 4.74 Å². The number of nitrogens with zero attached hydrogens (tertiary/aromatic N) is 1. The zero-order valence-corrected chi connectivity index (χ0v) is 8.60. The summed E-state index contributed by atoms with van der Waals surface area (Å²) in [5.74, 6) is 0.772. The molecule has 1 radical (unpaired) electrons. The first kappa shape index (κ1) is 9.71. The molecule has 0 saturated heterocycles. The van der Waals surface area contributed by atoms with Crippen LogP contribution >= 0.6 is 0 Å². The van der Waals surface area contributed by atoms with Gasteiger partial charge in [-0.3, -0.25) is 4.98 Å². The lowest BCUT2D eigenvalue weighted by Gasteiger charge is -2.08. The third-order valence-corrected chi connectivity index (χ3v) is 2.26. The van der Waals surface area contributed by atoms with Crippen molar-refractivity contribution in [2.45, 2.75) is 0 Å². The molecular weight excluding hydrogens is 186 g/mol. The van der Waals surface area contributed by atoms with Gasteiger partial charge in [-0.25, -0.2) is 0 Å². The van der Waals surface area contributed by atoms with Crippen LogP contribution in [0.2, 0.25) is 0 Å². The Hall–Kier alpha value is -1.83. The van der Waals surface area contributed by atoms with Crippen LogP contribution in [-0.4, -0.2) is 12.1 Å². The first-order chi connectivity index (χ1) is 7.33. The third-order valence-electron chi connectivity index (χ3n) is 2.26. The molecule has 0 unspecified atom stereocenters. The Kier molecular flexibility index (Phi) is 2.68. The highest BCUT2D eigenvalue weighted by Gasteiger charge is 2.07. The van der Waals surface area contributed by atoms with Crippen molar-refractivity contribution in [1.82, 2.24) is 4.98 Å². The van der Waals surface area contributed by atoms with Gasteiger partial charge < -0.3 is 4.74 Å². The number of ether oxygens (including phenoxy) is 1. The van der Waals surface area contributed by atoms with Crippen molar-refractivity contribution in [3.8, 4) is 17.0 Å². The van der Waals surface area contributed by atoms with Crippen molar-refractivity contribution in [2.75, 3.05) is 7.11 Å². The molecule has 0 amide bonds. The van der Waals surface area contributed by atoms with Crippen LogP contribution in [0.25, 0.3) is 11.3 Å². The maximum Gasteiger partial charge on any atom is 0.145 e. The average Bonchev–Trinajstić information content (AvgIpc) is 2.30. The van der Waals surface area contributed by atoms with E-state index in [0.717, 1.165) is 22.6 Å². The Balaban J connectivity index is 2.59. The van der Waals surface area contributed by atoms with Gasteiger partial charge in [0.15, 0.2) is 0 Å². The van der Waals surface area contributed by atoms with Crippen molar-refractivity contribution in [1.29, 1.82) is 0 Å². The van der Waals surface area contributed by atoms with E-state index in [-0.39, 0.29) is 0 Å². The lowest BCUT2D eigenvalue weighted by Crippen LogP contribution is -1.92. The lowest BCUT2D eigenvalue weighted by molar-refractivity contribution is 0.415. The lowest BCUT2D eigenvalue weighted by atomic mass is 10.0. The monoisotopic (exact) mass is 198 g/mol. The first-order valence-electron chi connectivity index (χ1n) is 4.73. The maximum atomic E-state index is 5.26. The molecule has 0 atom stereocenters. The van der Waals surface area contributed by atoms with E-state index in [9.17, 15) is 0 Å². The molecule has 1 heterocycles. The Labute approximate surface area is 89.6 Å². The van der Waals surface area contributed by atoms with Crippen molar-refractivity contribution >= 4 is 0 Å². The van der Waals surface area contributed by atoms with Gasteiger partial charge in [0.25, 0.3) is 0 Å². The Morgan fingerprint density at radius 2 is 1.93 bits per heavy atom. The fraction of sp³-hybridized carbons (Fsp3) is 0.0769. The zero-order valence-electron chi connectivity index (χ0n) is 8.60. The van der Waals surface area contributed by atoms with Crippen LogP contribution in [-0.2, 0) is 0 Å². The van der Waals surface area contributed by atoms with Crippen LogP contribution in [0.5, 0.6) is 5.75 Å². The highest BCUT2D eigenvalue weighted by molar-refractivity contribution is 5.70. The molecule has 0 N–H and O–H groups in total. The summed E-state index contributed by atoms with van der Waals surface area (Å²) in [6.45, 7) is 3.98. The van der Waals surface area contributed by atoms with Gasteiger partial charge in [0, 0.05) is 11.8 Å². The second-order valence-corrected chi connectivity index (χ2v) is 3.21. The zero-order chi connectivity index (χ0) is 10.7. The average molecular weight is 198 g/mol. The molecule has 0 aliphatic heterocycles.